The maximum atomic E-state index is 13.2. The number of rotatable bonds is 3. The maximum absolute atomic E-state index is 13.2. The van der Waals surface area contributed by atoms with Gasteiger partial charge in [-0.05, 0) is 49.8 Å². The van der Waals surface area contributed by atoms with Crippen LogP contribution < -0.4 is 9.62 Å². The second kappa shape index (κ2) is 7.00. The Labute approximate surface area is 158 Å². The Balaban J connectivity index is 2.03. The molecule has 0 radical (unpaired) electrons. The minimum absolute atomic E-state index is 0.0376. The molecule has 2 aliphatic rings. The summed E-state index contributed by atoms with van der Waals surface area (Å²) in [5.74, 6) is 0.197. The van der Waals surface area contributed by atoms with Crippen molar-refractivity contribution in [1.82, 2.24) is 4.72 Å². The molecule has 1 aromatic rings. The lowest BCUT2D eigenvalue weighted by molar-refractivity contribution is -0.116. The van der Waals surface area contributed by atoms with E-state index < -0.39 is 10.0 Å². The molecule has 1 N–H and O–H groups in total. The second-order valence-electron chi connectivity index (χ2n) is 7.34. The molecule has 5 nitrogen and oxygen atoms in total. The molecule has 1 heterocycles. The Morgan fingerprint density at radius 3 is 2.56 bits per heavy atom. The minimum Gasteiger partial charge on any atom is -0.308 e. The third kappa shape index (κ3) is 3.64. The smallest absolute Gasteiger partial charge is 0.242 e. The fourth-order valence-electron chi connectivity index (χ4n) is 4.11. The van der Waals surface area contributed by atoms with Gasteiger partial charge in [0.15, 0.2) is 0 Å². The molecular weight excluding hydrogens is 404 g/mol. The molecule has 1 fully saturated rings. The third-order valence-electron chi connectivity index (χ3n) is 5.36. The van der Waals surface area contributed by atoms with E-state index in [1.807, 2.05) is 13.0 Å². The number of carbonyl (C=O) groups is 1. The number of amides is 1. The first-order valence-corrected chi connectivity index (χ1v) is 11.1. The topological polar surface area (TPSA) is 66.5 Å². The van der Waals surface area contributed by atoms with E-state index >= 15 is 0 Å². The average molecular weight is 429 g/mol. The standard InChI is InChI=1S/C18H25BrN2O3S/c1-11-6-4-5-7-16(11)20-25(23,24)17-10-15(19)9-14-8-12(2)21(13(3)22)18(14)17/h9-12,16,20H,4-8H2,1-3H3. The van der Waals surface area contributed by atoms with Crippen molar-refractivity contribution in [3.8, 4) is 0 Å². The highest BCUT2D eigenvalue weighted by Gasteiger charge is 2.36. The van der Waals surface area contributed by atoms with E-state index in [0.29, 0.717) is 18.0 Å². The van der Waals surface area contributed by atoms with E-state index in [2.05, 4.69) is 27.6 Å². The molecule has 0 spiro atoms. The molecule has 0 aromatic heterocycles. The Hall–Kier alpha value is -0.920. The zero-order valence-electron chi connectivity index (χ0n) is 14.9. The van der Waals surface area contributed by atoms with E-state index in [9.17, 15) is 13.2 Å². The van der Waals surface area contributed by atoms with E-state index in [1.54, 1.807) is 11.0 Å². The highest BCUT2D eigenvalue weighted by Crippen LogP contribution is 2.40. The molecule has 0 bridgehead atoms. The molecule has 7 heteroatoms. The fraction of sp³-hybridized carbons (Fsp3) is 0.611. The van der Waals surface area contributed by atoms with Crippen LogP contribution in [-0.4, -0.2) is 26.4 Å². The summed E-state index contributed by atoms with van der Waals surface area (Å²) >= 11 is 3.43. The van der Waals surface area contributed by atoms with Crippen LogP contribution in [0.1, 0.15) is 52.0 Å². The van der Waals surface area contributed by atoms with E-state index in [1.165, 1.54) is 6.92 Å². The van der Waals surface area contributed by atoms with Gasteiger partial charge in [0.1, 0.15) is 4.90 Å². The molecule has 3 atom stereocenters. The second-order valence-corrected chi connectivity index (χ2v) is 9.94. The van der Waals surface area contributed by atoms with Gasteiger partial charge in [0.2, 0.25) is 15.9 Å². The highest BCUT2D eigenvalue weighted by atomic mass is 79.9. The lowest BCUT2D eigenvalue weighted by atomic mass is 9.87. The van der Waals surface area contributed by atoms with Crippen LogP contribution in [0.3, 0.4) is 0 Å². The summed E-state index contributed by atoms with van der Waals surface area (Å²) in [6.07, 6.45) is 4.77. The van der Waals surface area contributed by atoms with Crippen LogP contribution >= 0.6 is 15.9 Å². The Morgan fingerprint density at radius 1 is 1.24 bits per heavy atom. The lowest BCUT2D eigenvalue weighted by Crippen LogP contribution is -2.42. The van der Waals surface area contributed by atoms with Crippen molar-refractivity contribution in [3.63, 3.8) is 0 Å². The number of carbonyl (C=O) groups excluding carboxylic acids is 1. The summed E-state index contributed by atoms with van der Waals surface area (Å²) in [4.78, 5) is 13.9. The van der Waals surface area contributed by atoms with Crippen molar-refractivity contribution in [3.05, 3.63) is 22.2 Å². The molecule has 25 heavy (non-hydrogen) atoms. The Morgan fingerprint density at radius 2 is 1.92 bits per heavy atom. The molecule has 1 aromatic carbocycles. The number of hydrogen-bond acceptors (Lipinski definition) is 3. The number of hydrogen-bond donors (Lipinski definition) is 1. The summed E-state index contributed by atoms with van der Waals surface area (Å²) in [5.41, 5.74) is 1.44. The van der Waals surface area contributed by atoms with Crippen LogP contribution in [0.4, 0.5) is 5.69 Å². The summed E-state index contributed by atoms with van der Waals surface area (Å²) in [7, 11) is -3.70. The van der Waals surface area contributed by atoms with Crippen LogP contribution in [0.15, 0.2) is 21.5 Å². The van der Waals surface area contributed by atoms with Gasteiger partial charge in [-0.3, -0.25) is 4.79 Å². The quantitative estimate of drug-likeness (QED) is 0.799. The van der Waals surface area contributed by atoms with Crippen LogP contribution in [0.5, 0.6) is 0 Å². The molecule has 0 saturated heterocycles. The van der Waals surface area contributed by atoms with Crippen molar-refractivity contribution in [1.29, 1.82) is 0 Å². The van der Waals surface area contributed by atoms with Gasteiger partial charge in [0.05, 0.1) is 5.69 Å². The number of benzene rings is 1. The molecule has 1 saturated carbocycles. The largest absolute Gasteiger partial charge is 0.308 e. The predicted molar refractivity (Wildman–Crippen MR) is 102 cm³/mol. The maximum Gasteiger partial charge on any atom is 0.242 e. The van der Waals surface area contributed by atoms with Crippen molar-refractivity contribution in [2.75, 3.05) is 4.90 Å². The normalized spacial score (nSPS) is 26.6. The van der Waals surface area contributed by atoms with E-state index in [4.69, 9.17) is 0 Å². The summed E-state index contributed by atoms with van der Waals surface area (Å²) in [6.45, 7) is 5.53. The number of anilines is 1. The van der Waals surface area contributed by atoms with Gasteiger partial charge in [-0.2, -0.15) is 0 Å². The van der Waals surface area contributed by atoms with Crippen molar-refractivity contribution in [2.45, 2.75) is 69.9 Å². The van der Waals surface area contributed by atoms with Gasteiger partial charge in [-0.1, -0.05) is 35.7 Å². The first-order valence-electron chi connectivity index (χ1n) is 8.85. The van der Waals surface area contributed by atoms with Gasteiger partial charge in [-0.15, -0.1) is 0 Å². The lowest BCUT2D eigenvalue weighted by Gasteiger charge is -2.30. The summed E-state index contributed by atoms with van der Waals surface area (Å²) < 4.78 is 30.0. The fourth-order valence-corrected chi connectivity index (χ4v) is 6.41. The number of nitrogens with zero attached hydrogens (tertiary/aromatic N) is 1. The van der Waals surface area contributed by atoms with Crippen molar-refractivity contribution < 1.29 is 13.2 Å². The van der Waals surface area contributed by atoms with E-state index in [0.717, 1.165) is 35.7 Å². The zero-order chi connectivity index (χ0) is 18.4. The number of fused-ring (bicyclic) bond motifs is 1. The first-order chi connectivity index (χ1) is 11.7. The van der Waals surface area contributed by atoms with Gasteiger partial charge < -0.3 is 4.90 Å². The molecule has 138 valence electrons. The third-order valence-corrected chi connectivity index (χ3v) is 7.32. The highest BCUT2D eigenvalue weighted by molar-refractivity contribution is 9.10. The predicted octanol–water partition coefficient (Wildman–Crippen LogP) is 3.60. The van der Waals surface area contributed by atoms with Crippen LogP contribution in [0, 0.1) is 5.92 Å². The number of sulfonamides is 1. The van der Waals surface area contributed by atoms with Crippen molar-refractivity contribution >= 4 is 37.5 Å². The molecule has 1 aliphatic heterocycles. The zero-order valence-corrected chi connectivity index (χ0v) is 17.3. The summed E-state index contributed by atoms with van der Waals surface area (Å²) in [5, 5.41) is 0. The SMILES string of the molecule is CC(=O)N1c2c(cc(Br)cc2S(=O)(=O)NC2CCCCC2C)CC1C. The molecule has 3 rings (SSSR count). The van der Waals surface area contributed by atoms with Gasteiger partial charge >= 0.3 is 0 Å². The van der Waals surface area contributed by atoms with Gasteiger partial charge in [0, 0.05) is 23.5 Å². The summed E-state index contributed by atoms with van der Waals surface area (Å²) in [6, 6.07) is 3.45. The van der Waals surface area contributed by atoms with Crippen LogP contribution in [-0.2, 0) is 21.2 Å². The number of halogens is 1. The Bertz CT molecular complexity index is 794. The van der Waals surface area contributed by atoms with Crippen LogP contribution in [0.2, 0.25) is 0 Å². The monoisotopic (exact) mass is 428 g/mol. The molecule has 3 unspecified atom stereocenters. The van der Waals surface area contributed by atoms with Gasteiger partial charge in [-0.25, -0.2) is 13.1 Å². The number of nitrogens with one attached hydrogen (secondary N) is 1. The molecular formula is C18H25BrN2O3S. The van der Waals surface area contributed by atoms with Gasteiger partial charge in [0.25, 0.3) is 0 Å². The molecule has 1 aliphatic carbocycles. The van der Waals surface area contributed by atoms with E-state index in [-0.39, 0.29) is 22.9 Å². The molecule has 1 amide bonds. The average Bonchev–Trinajstić information content (AvgIpc) is 2.84. The first kappa shape index (κ1) is 18.9. The Kier molecular flexibility index (Phi) is 5.28. The van der Waals surface area contributed by atoms with Crippen molar-refractivity contribution in [2.24, 2.45) is 5.92 Å². The minimum atomic E-state index is -3.70. The van der Waals surface area contributed by atoms with Crippen LogP contribution in [0.25, 0.3) is 0 Å².